The molecule has 0 spiro atoms. The largest absolute Gasteiger partial charge is 0.493 e. The topological polar surface area (TPSA) is 87.5 Å². The Labute approximate surface area is 116 Å². The van der Waals surface area contributed by atoms with E-state index in [0.29, 0.717) is 36.7 Å². The van der Waals surface area contributed by atoms with E-state index < -0.39 is 0 Å². The maximum absolute atomic E-state index is 12.1. The molecule has 1 atom stereocenters. The first-order valence-corrected chi connectivity index (χ1v) is 6.23. The number of benzene rings is 1. The van der Waals surface area contributed by atoms with Crippen molar-refractivity contribution < 1.29 is 14.3 Å². The van der Waals surface area contributed by atoms with E-state index in [1.165, 1.54) is 0 Å². The molecule has 7 heteroatoms. The summed E-state index contributed by atoms with van der Waals surface area (Å²) in [6, 6.07) is 5.40. The Balaban J connectivity index is 2.28. The predicted molar refractivity (Wildman–Crippen MR) is 74.0 cm³/mol. The number of para-hydroxylation sites is 1. The Morgan fingerprint density at radius 3 is 2.90 bits per heavy atom. The van der Waals surface area contributed by atoms with Crippen molar-refractivity contribution in [3.63, 3.8) is 0 Å². The van der Waals surface area contributed by atoms with Crippen molar-refractivity contribution in [2.24, 2.45) is 11.0 Å². The molecular weight excluding hydrogens is 260 g/mol. The molecule has 2 rings (SSSR count). The van der Waals surface area contributed by atoms with Crippen LogP contribution in [-0.2, 0) is 4.79 Å². The molecule has 1 unspecified atom stereocenters. The minimum atomic E-state index is -0.00491. The van der Waals surface area contributed by atoms with Crippen molar-refractivity contribution in [3.8, 4) is 11.5 Å². The number of anilines is 1. The van der Waals surface area contributed by atoms with E-state index in [1.54, 1.807) is 25.2 Å². The first-order valence-electron chi connectivity index (χ1n) is 6.23. The number of methoxy groups -OCH3 is 2. The molecule has 1 aromatic rings. The van der Waals surface area contributed by atoms with E-state index in [9.17, 15) is 4.79 Å². The highest BCUT2D eigenvalue weighted by atomic mass is 16.5. The number of rotatable bonds is 5. The zero-order valence-corrected chi connectivity index (χ0v) is 11.4. The number of hydrogen-bond donors (Lipinski definition) is 0. The molecule has 0 N–H and O–H groups in total. The van der Waals surface area contributed by atoms with Crippen molar-refractivity contribution in [2.75, 3.05) is 32.2 Å². The second kappa shape index (κ2) is 6.16. The molecule has 0 bridgehead atoms. The van der Waals surface area contributed by atoms with Crippen molar-refractivity contribution in [1.82, 2.24) is 0 Å². The summed E-state index contributed by atoms with van der Waals surface area (Å²) < 4.78 is 10.6. The van der Waals surface area contributed by atoms with E-state index in [2.05, 4.69) is 10.0 Å². The molecule has 7 nitrogen and oxygen atoms in total. The van der Waals surface area contributed by atoms with Crippen LogP contribution in [0.15, 0.2) is 23.3 Å². The first-order chi connectivity index (χ1) is 9.71. The Hall–Kier alpha value is -2.40. The monoisotopic (exact) mass is 276 g/mol. The standard InChI is InChI=1S/C13H16N4O3/c1-19-11-5-3-4-10(13(11)20-2)17-8-9(6-12(17)18)7-15-16-14/h3-5,9H,6-8H2,1-2H3. The van der Waals surface area contributed by atoms with Crippen LogP contribution >= 0.6 is 0 Å². The molecule has 1 heterocycles. The molecule has 20 heavy (non-hydrogen) atoms. The number of nitrogens with zero attached hydrogens (tertiary/aromatic N) is 4. The van der Waals surface area contributed by atoms with Gasteiger partial charge < -0.3 is 14.4 Å². The van der Waals surface area contributed by atoms with Gasteiger partial charge in [0.05, 0.1) is 19.9 Å². The Morgan fingerprint density at radius 2 is 2.25 bits per heavy atom. The van der Waals surface area contributed by atoms with E-state index in [4.69, 9.17) is 15.0 Å². The van der Waals surface area contributed by atoms with Crippen molar-refractivity contribution >= 4 is 11.6 Å². The lowest BCUT2D eigenvalue weighted by Crippen LogP contribution is -2.25. The van der Waals surface area contributed by atoms with Crippen LogP contribution in [0.4, 0.5) is 5.69 Å². The van der Waals surface area contributed by atoms with Crippen LogP contribution in [0, 0.1) is 5.92 Å². The molecule has 1 aliphatic heterocycles. The van der Waals surface area contributed by atoms with E-state index in [1.807, 2.05) is 12.1 Å². The fourth-order valence-electron chi connectivity index (χ4n) is 2.37. The quantitative estimate of drug-likeness (QED) is 0.470. The van der Waals surface area contributed by atoms with Crippen LogP contribution in [0.1, 0.15) is 6.42 Å². The van der Waals surface area contributed by atoms with Crippen LogP contribution in [0.5, 0.6) is 11.5 Å². The van der Waals surface area contributed by atoms with Crippen molar-refractivity contribution in [3.05, 3.63) is 28.6 Å². The summed E-state index contributed by atoms with van der Waals surface area (Å²) in [4.78, 5) is 16.5. The molecule has 0 radical (unpaired) electrons. The second-order valence-electron chi connectivity index (χ2n) is 4.50. The number of azide groups is 1. The van der Waals surface area contributed by atoms with Gasteiger partial charge in [0, 0.05) is 24.4 Å². The number of carbonyl (C=O) groups excluding carboxylic acids is 1. The highest BCUT2D eigenvalue weighted by Crippen LogP contribution is 2.39. The van der Waals surface area contributed by atoms with Crippen molar-refractivity contribution in [1.29, 1.82) is 0 Å². The van der Waals surface area contributed by atoms with Crippen LogP contribution < -0.4 is 14.4 Å². The van der Waals surface area contributed by atoms with Crippen molar-refractivity contribution in [2.45, 2.75) is 6.42 Å². The SMILES string of the molecule is COc1cccc(N2CC(CN=[N+]=[N-])CC2=O)c1OC. The highest BCUT2D eigenvalue weighted by Gasteiger charge is 2.32. The summed E-state index contributed by atoms with van der Waals surface area (Å²) in [6.45, 7) is 0.840. The molecule has 0 aromatic heterocycles. The minimum Gasteiger partial charge on any atom is -0.493 e. The Bertz CT molecular complexity index is 555. The third kappa shape index (κ3) is 2.62. The molecule has 1 saturated heterocycles. The predicted octanol–water partition coefficient (Wildman–Crippen LogP) is 2.37. The van der Waals surface area contributed by atoms with E-state index >= 15 is 0 Å². The molecule has 1 aliphatic rings. The number of amides is 1. The van der Waals surface area contributed by atoms with Gasteiger partial charge in [-0.15, -0.1) is 0 Å². The highest BCUT2D eigenvalue weighted by molar-refractivity contribution is 5.97. The normalized spacial score (nSPS) is 17.8. The first kappa shape index (κ1) is 14.0. The summed E-state index contributed by atoms with van der Waals surface area (Å²) in [5, 5.41) is 3.54. The smallest absolute Gasteiger partial charge is 0.227 e. The lowest BCUT2D eigenvalue weighted by molar-refractivity contribution is -0.117. The van der Waals surface area contributed by atoms with Gasteiger partial charge >= 0.3 is 0 Å². The lowest BCUT2D eigenvalue weighted by Gasteiger charge is -2.20. The Kier molecular flexibility index (Phi) is 4.32. The molecule has 0 aliphatic carbocycles. The zero-order chi connectivity index (χ0) is 14.5. The van der Waals surface area contributed by atoms with Gasteiger partial charge in [-0.2, -0.15) is 0 Å². The van der Waals surface area contributed by atoms with Gasteiger partial charge in [0.1, 0.15) is 0 Å². The molecular formula is C13H16N4O3. The second-order valence-corrected chi connectivity index (χ2v) is 4.50. The molecule has 1 fully saturated rings. The summed E-state index contributed by atoms with van der Waals surface area (Å²) in [5.41, 5.74) is 9.03. The lowest BCUT2D eigenvalue weighted by atomic mass is 10.1. The summed E-state index contributed by atoms with van der Waals surface area (Å²) in [7, 11) is 3.09. The third-order valence-corrected chi connectivity index (χ3v) is 3.28. The maximum atomic E-state index is 12.1. The van der Waals surface area contributed by atoms with Gasteiger partial charge in [-0.1, -0.05) is 11.2 Å². The minimum absolute atomic E-state index is 0.00491. The van der Waals surface area contributed by atoms with Gasteiger partial charge in [-0.3, -0.25) is 4.79 Å². The number of hydrogen-bond acceptors (Lipinski definition) is 4. The van der Waals surface area contributed by atoms with Crippen LogP contribution in [0.2, 0.25) is 0 Å². The third-order valence-electron chi connectivity index (χ3n) is 3.28. The fourth-order valence-corrected chi connectivity index (χ4v) is 2.37. The summed E-state index contributed by atoms with van der Waals surface area (Å²) >= 11 is 0. The van der Waals surface area contributed by atoms with Gasteiger partial charge in [-0.05, 0) is 23.6 Å². The summed E-state index contributed by atoms with van der Waals surface area (Å²) in [5.74, 6) is 1.15. The fraction of sp³-hybridized carbons (Fsp3) is 0.462. The molecule has 0 saturated carbocycles. The van der Waals surface area contributed by atoms with Crippen LogP contribution in [0.25, 0.3) is 10.4 Å². The number of carbonyl (C=O) groups is 1. The molecule has 1 amide bonds. The number of ether oxygens (including phenoxy) is 2. The Morgan fingerprint density at radius 1 is 1.45 bits per heavy atom. The van der Waals surface area contributed by atoms with Crippen LogP contribution in [0.3, 0.4) is 0 Å². The van der Waals surface area contributed by atoms with Gasteiger partial charge in [0.15, 0.2) is 11.5 Å². The van der Waals surface area contributed by atoms with Crippen LogP contribution in [-0.4, -0.2) is 33.2 Å². The van der Waals surface area contributed by atoms with Gasteiger partial charge in [-0.25, -0.2) is 0 Å². The zero-order valence-electron chi connectivity index (χ0n) is 11.4. The maximum Gasteiger partial charge on any atom is 0.227 e. The summed E-state index contributed by atoms with van der Waals surface area (Å²) in [6.07, 6.45) is 0.374. The van der Waals surface area contributed by atoms with Gasteiger partial charge in [0.25, 0.3) is 0 Å². The van der Waals surface area contributed by atoms with E-state index in [-0.39, 0.29) is 11.8 Å². The molecule has 1 aromatic carbocycles. The van der Waals surface area contributed by atoms with Gasteiger partial charge in [0.2, 0.25) is 5.91 Å². The van der Waals surface area contributed by atoms with E-state index in [0.717, 1.165) is 0 Å². The average molecular weight is 276 g/mol. The molecule has 106 valence electrons. The average Bonchev–Trinajstić information content (AvgIpc) is 2.84.